The third kappa shape index (κ3) is 10.0. The summed E-state index contributed by atoms with van der Waals surface area (Å²) in [5, 5.41) is 2.41. The Labute approximate surface area is 348 Å². The van der Waals surface area contributed by atoms with E-state index in [4.69, 9.17) is 17.0 Å². The molecule has 0 amide bonds. The fraction of sp³-hybridized carbons (Fsp3) is 0.378. The molecule has 2 aliphatic heterocycles. The smallest absolute Gasteiger partial charge is 0.264 e. The molecule has 0 fully saturated rings. The lowest BCUT2D eigenvalue weighted by atomic mass is 9.81. The van der Waals surface area contributed by atoms with E-state index in [0.29, 0.717) is 50.2 Å². The first-order chi connectivity index (χ1) is 27.5. The minimum absolute atomic E-state index is 0.274. The number of hydrogen-bond donors (Lipinski definition) is 2. The van der Waals surface area contributed by atoms with Gasteiger partial charge in [-0.2, -0.15) is 26.4 Å². The summed E-state index contributed by atoms with van der Waals surface area (Å²) in [5.74, 6) is 0.876. The zero-order valence-corrected chi connectivity index (χ0v) is 36.0. The third-order valence-corrected chi connectivity index (χ3v) is 13.0. The van der Waals surface area contributed by atoms with Crippen molar-refractivity contribution in [1.82, 2.24) is 0 Å². The number of aliphatic imine (C=N–C) groups is 1. The summed E-state index contributed by atoms with van der Waals surface area (Å²) in [6.45, 7) is 10.00. The first-order valence-corrected chi connectivity index (χ1v) is 23.3. The van der Waals surface area contributed by atoms with Gasteiger partial charge in [0.25, 0.3) is 20.2 Å². The van der Waals surface area contributed by atoms with Crippen molar-refractivity contribution in [2.45, 2.75) is 83.5 Å². The molecule has 3 aliphatic rings. The lowest BCUT2D eigenvalue weighted by Gasteiger charge is -2.27. The van der Waals surface area contributed by atoms with Crippen LogP contribution in [0.15, 0.2) is 125 Å². The zero-order chi connectivity index (χ0) is 41.7. The summed E-state index contributed by atoms with van der Waals surface area (Å²) in [4.78, 5) is 6.36. The van der Waals surface area contributed by atoms with E-state index in [1.165, 1.54) is 11.1 Å². The summed E-state index contributed by atoms with van der Waals surface area (Å²) in [7, 11) is -8.08. The van der Waals surface area contributed by atoms with Crippen molar-refractivity contribution in [3.63, 3.8) is 0 Å². The van der Waals surface area contributed by atoms with E-state index in [1.807, 2.05) is 48.5 Å². The van der Waals surface area contributed by atoms with Crippen molar-refractivity contribution < 1.29 is 35.3 Å². The van der Waals surface area contributed by atoms with E-state index in [1.54, 1.807) is 0 Å². The van der Waals surface area contributed by atoms with Crippen LogP contribution in [0.5, 0.6) is 5.75 Å². The Bertz CT molecular complexity index is 2470. The predicted octanol–water partition coefficient (Wildman–Crippen LogP) is 9.81. The largest absolute Gasteiger partial charge is 0.457 e. The molecule has 0 aromatic heterocycles. The molecule has 0 bridgehead atoms. The van der Waals surface area contributed by atoms with E-state index >= 15 is 0 Å². The van der Waals surface area contributed by atoms with Gasteiger partial charge < -0.3 is 9.64 Å². The summed E-state index contributed by atoms with van der Waals surface area (Å²) in [6, 6.07) is 24.0. The molecule has 3 aromatic rings. The van der Waals surface area contributed by atoms with Gasteiger partial charge in [0.2, 0.25) is 5.69 Å². The van der Waals surface area contributed by atoms with Crippen LogP contribution in [0.1, 0.15) is 83.8 Å². The minimum atomic E-state index is -4.04. The second-order valence-corrected chi connectivity index (χ2v) is 19.4. The Kier molecular flexibility index (Phi) is 13.2. The zero-order valence-electron chi connectivity index (χ0n) is 33.5. The molecular weight excluding hydrogens is 791 g/mol. The molecule has 0 saturated carbocycles. The monoisotopic (exact) mass is 842 g/mol. The third-order valence-electron chi connectivity index (χ3n) is 11.3. The quantitative estimate of drug-likeness (QED) is 0.0475. The van der Waals surface area contributed by atoms with E-state index in [9.17, 15) is 25.9 Å². The van der Waals surface area contributed by atoms with Gasteiger partial charge in [0.1, 0.15) is 18.1 Å². The Balaban J connectivity index is 1.41. The van der Waals surface area contributed by atoms with Gasteiger partial charge >= 0.3 is 0 Å². The van der Waals surface area contributed by atoms with Gasteiger partial charge in [-0.25, -0.2) is 0 Å². The van der Waals surface area contributed by atoms with Crippen LogP contribution in [-0.2, 0) is 31.1 Å². The SMILES string of the molecule is CC1(C)C(/C=C/C2=C(Oc3ccc(N=C=S)cc3)C(=C/C=C3/N(CCCCS(=O)(=O)O)c4ccccc4C3(C)C)/CCC2)=[N+](CCCCS(=O)(=O)O)c2ccccc21. The molecule has 0 radical (unpaired) electrons. The molecule has 0 unspecified atom stereocenters. The van der Waals surface area contributed by atoms with Gasteiger partial charge in [-0.15, -0.1) is 0 Å². The second kappa shape index (κ2) is 17.8. The van der Waals surface area contributed by atoms with Crippen molar-refractivity contribution in [2.75, 3.05) is 29.5 Å². The van der Waals surface area contributed by atoms with Crippen molar-refractivity contribution in [1.29, 1.82) is 0 Å². The number of anilines is 1. The van der Waals surface area contributed by atoms with E-state index < -0.39 is 20.2 Å². The molecule has 1 aliphatic carbocycles. The molecule has 13 heteroatoms. The number of allylic oxidation sites excluding steroid dienone is 7. The number of isothiocyanates is 1. The maximum atomic E-state index is 11.5. The van der Waals surface area contributed by atoms with Gasteiger partial charge in [-0.1, -0.05) is 56.3 Å². The molecule has 2 N–H and O–H groups in total. The van der Waals surface area contributed by atoms with Crippen molar-refractivity contribution in [3.05, 3.63) is 131 Å². The van der Waals surface area contributed by atoms with Crippen LogP contribution in [0.25, 0.3) is 0 Å². The summed E-state index contributed by atoms with van der Waals surface area (Å²) >= 11 is 4.81. The maximum Gasteiger partial charge on any atom is 0.264 e. The van der Waals surface area contributed by atoms with E-state index in [-0.39, 0.29) is 22.3 Å². The highest BCUT2D eigenvalue weighted by Crippen LogP contribution is 2.48. The summed E-state index contributed by atoms with van der Waals surface area (Å²) in [6.07, 6.45) is 13.0. The number of thiocarbonyl (C=S) groups is 1. The van der Waals surface area contributed by atoms with Crippen LogP contribution in [-0.4, -0.2) is 66.0 Å². The standard InChI is InChI=1S/C45H51N3O7S3/c1-44(2)37-16-5-7-18-39(37)47(28-9-11-30-57(49,50)51)41(44)26-20-33-14-13-15-34(43(33)55-36-24-22-35(23-25-36)46-32-56)21-27-42-45(3,4)38-17-6-8-19-40(38)48(42)29-10-12-31-58(52,53)54/h5-8,16-27H,9-15,28-31H2,1-4H3,(H-,49,50,51,52,53,54)/p+1. The highest BCUT2D eigenvalue weighted by atomic mass is 32.2. The van der Waals surface area contributed by atoms with Gasteiger partial charge in [0, 0.05) is 47.5 Å². The fourth-order valence-corrected chi connectivity index (χ4v) is 9.59. The number of nitrogens with zero attached hydrogens (tertiary/aromatic N) is 3. The van der Waals surface area contributed by atoms with Crippen LogP contribution in [0.3, 0.4) is 0 Å². The highest BCUT2D eigenvalue weighted by Gasteiger charge is 2.44. The molecule has 0 atom stereocenters. The lowest BCUT2D eigenvalue weighted by Crippen LogP contribution is -2.28. The number of fused-ring (bicyclic) bond motifs is 2. The van der Waals surface area contributed by atoms with Crippen LogP contribution < -0.4 is 9.64 Å². The average molecular weight is 843 g/mol. The number of benzene rings is 3. The predicted molar refractivity (Wildman–Crippen MR) is 235 cm³/mol. The van der Waals surface area contributed by atoms with E-state index in [2.05, 4.69) is 95.9 Å². The van der Waals surface area contributed by atoms with E-state index in [0.717, 1.165) is 59.0 Å². The van der Waals surface area contributed by atoms with Gasteiger partial charge in [-0.05, 0) is 124 Å². The number of rotatable bonds is 16. The van der Waals surface area contributed by atoms with Gasteiger partial charge in [0.15, 0.2) is 5.71 Å². The number of hydrogen-bond acceptors (Lipinski definition) is 8. The number of para-hydroxylation sites is 2. The number of unbranched alkanes of at least 4 members (excludes halogenated alkanes) is 2. The molecule has 10 nitrogen and oxygen atoms in total. The minimum Gasteiger partial charge on any atom is -0.457 e. The van der Waals surface area contributed by atoms with Crippen molar-refractivity contribution in [3.8, 4) is 5.75 Å². The normalized spacial score (nSPS) is 18.9. The second-order valence-electron chi connectivity index (χ2n) is 16.0. The van der Waals surface area contributed by atoms with Gasteiger partial charge in [0.05, 0.1) is 27.8 Å². The van der Waals surface area contributed by atoms with Gasteiger partial charge in [-0.3, -0.25) is 9.11 Å². The first kappa shape index (κ1) is 43.1. The maximum absolute atomic E-state index is 11.5. The Hall–Kier alpha value is -4.49. The van der Waals surface area contributed by atoms with Crippen molar-refractivity contribution >= 4 is 60.4 Å². The molecule has 306 valence electrons. The topological polar surface area (TPSA) is 137 Å². The summed E-state index contributed by atoms with van der Waals surface area (Å²) < 4.78 is 73.6. The molecule has 2 heterocycles. The van der Waals surface area contributed by atoms with Crippen LogP contribution in [0.4, 0.5) is 17.1 Å². The Morgan fingerprint density at radius 1 is 0.810 bits per heavy atom. The average Bonchev–Trinajstić information content (AvgIpc) is 3.52. The Morgan fingerprint density at radius 2 is 1.47 bits per heavy atom. The van der Waals surface area contributed by atoms with Crippen LogP contribution >= 0.6 is 12.2 Å². The van der Waals surface area contributed by atoms with Crippen molar-refractivity contribution in [2.24, 2.45) is 4.99 Å². The molecule has 0 spiro atoms. The van der Waals surface area contributed by atoms with Crippen LogP contribution in [0.2, 0.25) is 0 Å². The molecule has 3 aromatic carbocycles. The molecule has 58 heavy (non-hydrogen) atoms. The molecular formula is C45H52N3O7S3+. The molecule has 0 saturated heterocycles. The Morgan fingerprint density at radius 3 is 2.16 bits per heavy atom. The highest BCUT2D eigenvalue weighted by molar-refractivity contribution is 7.86. The molecule has 6 rings (SSSR count). The summed E-state index contributed by atoms with van der Waals surface area (Å²) in [5.41, 5.74) is 8.81. The number of ether oxygens (including phenoxy) is 1. The fourth-order valence-electron chi connectivity index (χ4n) is 8.34. The lowest BCUT2D eigenvalue weighted by molar-refractivity contribution is -0.438. The van der Waals surface area contributed by atoms with Crippen LogP contribution in [0, 0.1) is 0 Å². The first-order valence-electron chi connectivity index (χ1n) is 19.7.